The van der Waals surface area contributed by atoms with Crippen molar-refractivity contribution in [2.24, 2.45) is 0 Å². The van der Waals surface area contributed by atoms with Crippen LogP contribution in [0.1, 0.15) is 47.9 Å². The standard InChI is InChI=1S/C18H20O6/c1-4-24-14-8-13(21)15-16(18(14)23)12(20)7-10(17(15)22)11(19)6-5-9(2)3/h5,7-8,11,19,21,23H,4,6H2,1-3H3. The molecule has 1 aromatic carbocycles. The van der Waals surface area contributed by atoms with Gasteiger partial charge in [0.05, 0.1) is 23.8 Å². The van der Waals surface area contributed by atoms with Gasteiger partial charge >= 0.3 is 0 Å². The SMILES string of the molecule is CCOc1cc(O)c2c(c1O)C(=O)C=C(C(O)CC=C(C)C)C2=O. The van der Waals surface area contributed by atoms with Gasteiger partial charge in [0.2, 0.25) is 0 Å². The van der Waals surface area contributed by atoms with Crippen molar-refractivity contribution >= 4 is 11.6 Å². The number of ether oxygens (including phenoxy) is 1. The summed E-state index contributed by atoms with van der Waals surface area (Å²) >= 11 is 0. The highest BCUT2D eigenvalue weighted by Gasteiger charge is 2.35. The molecule has 128 valence electrons. The Hall–Kier alpha value is -2.60. The third-order valence-electron chi connectivity index (χ3n) is 3.67. The minimum atomic E-state index is -1.17. The minimum Gasteiger partial charge on any atom is -0.507 e. The monoisotopic (exact) mass is 332 g/mol. The quantitative estimate of drug-likeness (QED) is 0.565. The number of aliphatic hydroxyl groups excluding tert-OH is 1. The number of carbonyl (C=O) groups is 2. The largest absolute Gasteiger partial charge is 0.507 e. The summed E-state index contributed by atoms with van der Waals surface area (Å²) in [4.78, 5) is 24.9. The highest BCUT2D eigenvalue weighted by atomic mass is 16.5. The van der Waals surface area contributed by atoms with Crippen LogP contribution in [0.2, 0.25) is 0 Å². The molecular formula is C18H20O6. The van der Waals surface area contributed by atoms with Gasteiger partial charge in [-0.3, -0.25) is 9.59 Å². The summed E-state index contributed by atoms with van der Waals surface area (Å²) in [5.74, 6) is -2.38. The van der Waals surface area contributed by atoms with Gasteiger partial charge in [-0.2, -0.15) is 0 Å². The molecule has 0 aliphatic heterocycles. The normalized spacial score (nSPS) is 14.8. The fourth-order valence-corrected chi connectivity index (χ4v) is 2.51. The van der Waals surface area contributed by atoms with E-state index < -0.39 is 29.2 Å². The number of hydrogen-bond donors (Lipinski definition) is 3. The molecule has 0 amide bonds. The number of phenols is 2. The van der Waals surface area contributed by atoms with Gasteiger partial charge in [-0.05, 0) is 33.3 Å². The average Bonchev–Trinajstić information content (AvgIpc) is 2.51. The Morgan fingerprint density at radius 1 is 1.25 bits per heavy atom. The first kappa shape index (κ1) is 17.7. The van der Waals surface area contributed by atoms with Gasteiger partial charge in [-0.15, -0.1) is 0 Å². The number of phenolic OH excluding ortho intramolecular Hbond substituents is 2. The molecule has 0 radical (unpaired) electrons. The lowest BCUT2D eigenvalue weighted by Crippen LogP contribution is -2.25. The first-order valence-corrected chi connectivity index (χ1v) is 7.61. The van der Waals surface area contributed by atoms with E-state index in [2.05, 4.69) is 0 Å². The molecule has 1 aromatic rings. The van der Waals surface area contributed by atoms with E-state index in [1.54, 1.807) is 13.0 Å². The molecule has 1 unspecified atom stereocenters. The van der Waals surface area contributed by atoms with E-state index in [0.717, 1.165) is 17.7 Å². The van der Waals surface area contributed by atoms with E-state index in [9.17, 15) is 24.9 Å². The van der Waals surface area contributed by atoms with Crippen molar-refractivity contribution in [1.29, 1.82) is 0 Å². The zero-order valence-corrected chi connectivity index (χ0v) is 13.8. The maximum absolute atomic E-state index is 12.6. The fourth-order valence-electron chi connectivity index (χ4n) is 2.51. The predicted octanol–water partition coefficient (Wildman–Crippen LogP) is 2.52. The van der Waals surface area contributed by atoms with Crippen molar-refractivity contribution in [2.45, 2.75) is 33.3 Å². The summed E-state index contributed by atoms with van der Waals surface area (Å²) in [6, 6.07) is 1.09. The third kappa shape index (κ3) is 3.19. The average molecular weight is 332 g/mol. The van der Waals surface area contributed by atoms with Gasteiger partial charge in [-0.25, -0.2) is 0 Å². The summed E-state index contributed by atoms with van der Waals surface area (Å²) < 4.78 is 5.15. The highest BCUT2D eigenvalue weighted by molar-refractivity contribution is 6.27. The number of carbonyl (C=O) groups excluding carboxylic acids is 2. The molecule has 0 aromatic heterocycles. The van der Waals surface area contributed by atoms with Crippen molar-refractivity contribution in [2.75, 3.05) is 6.61 Å². The summed E-state index contributed by atoms with van der Waals surface area (Å²) in [6.45, 7) is 5.60. The van der Waals surface area contributed by atoms with Gasteiger partial charge in [-0.1, -0.05) is 11.6 Å². The molecule has 24 heavy (non-hydrogen) atoms. The minimum absolute atomic E-state index is 0.0724. The lowest BCUT2D eigenvalue weighted by Gasteiger charge is -2.21. The molecule has 0 bridgehead atoms. The molecule has 3 N–H and O–H groups in total. The number of aromatic hydroxyl groups is 2. The molecule has 2 rings (SSSR count). The van der Waals surface area contributed by atoms with Crippen LogP contribution in [0.5, 0.6) is 17.2 Å². The van der Waals surface area contributed by atoms with Crippen LogP contribution in [-0.2, 0) is 0 Å². The Kier molecular flexibility index (Phi) is 5.09. The molecule has 0 spiro atoms. The van der Waals surface area contributed by atoms with Crippen LogP contribution in [0.3, 0.4) is 0 Å². The molecule has 0 saturated heterocycles. The topological polar surface area (TPSA) is 104 Å². The van der Waals surface area contributed by atoms with E-state index in [-0.39, 0.29) is 35.5 Å². The molecule has 1 aliphatic carbocycles. The zero-order valence-electron chi connectivity index (χ0n) is 13.8. The Labute approximate surface area is 139 Å². The second kappa shape index (κ2) is 6.88. The number of aliphatic hydroxyl groups is 1. The first-order chi connectivity index (χ1) is 11.3. The van der Waals surface area contributed by atoms with Crippen molar-refractivity contribution in [3.05, 3.63) is 40.5 Å². The van der Waals surface area contributed by atoms with E-state index in [1.165, 1.54) is 0 Å². The molecular weight excluding hydrogens is 312 g/mol. The maximum Gasteiger partial charge on any atom is 0.196 e. The first-order valence-electron chi connectivity index (χ1n) is 7.61. The smallest absolute Gasteiger partial charge is 0.196 e. The van der Waals surface area contributed by atoms with Gasteiger partial charge in [0.15, 0.2) is 23.1 Å². The van der Waals surface area contributed by atoms with Crippen molar-refractivity contribution in [3.8, 4) is 17.2 Å². The second-order valence-corrected chi connectivity index (χ2v) is 5.75. The summed E-state index contributed by atoms with van der Waals surface area (Å²) in [6.07, 6.45) is 1.75. The van der Waals surface area contributed by atoms with E-state index >= 15 is 0 Å². The number of rotatable bonds is 5. The summed E-state index contributed by atoms with van der Waals surface area (Å²) in [5, 5.41) is 30.5. The second-order valence-electron chi connectivity index (χ2n) is 5.75. The molecule has 6 heteroatoms. The fraction of sp³-hybridized carbons (Fsp3) is 0.333. The van der Waals surface area contributed by atoms with Crippen LogP contribution in [0.15, 0.2) is 29.4 Å². The van der Waals surface area contributed by atoms with Crippen molar-refractivity contribution < 1.29 is 29.6 Å². The zero-order chi connectivity index (χ0) is 18.0. The molecule has 0 heterocycles. The van der Waals surface area contributed by atoms with Crippen LogP contribution in [0, 0.1) is 0 Å². The summed E-state index contributed by atoms with van der Waals surface area (Å²) in [7, 11) is 0. The van der Waals surface area contributed by atoms with Crippen LogP contribution in [0.4, 0.5) is 0 Å². The number of fused-ring (bicyclic) bond motifs is 1. The van der Waals surface area contributed by atoms with Crippen LogP contribution in [-0.4, -0.2) is 39.6 Å². The van der Waals surface area contributed by atoms with Crippen LogP contribution >= 0.6 is 0 Å². The Balaban J connectivity index is 2.50. The van der Waals surface area contributed by atoms with E-state index in [0.29, 0.717) is 0 Å². The lowest BCUT2D eigenvalue weighted by molar-refractivity contribution is 0.0942. The highest BCUT2D eigenvalue weighted by Crippen LogP contribution is 2.42. The predicted molar refractivity (Wildman–Crippen MR) is 87.7 cm³/mol. The molecule has 0 fully saturated rings. The molecule has 6 nitrogen and oxygen atoms in total. The molecule has 1 atom stereocenters. The number of Topliss-reactive ketones (excluding diaryl/α,β-unsaturated/α-hetero) is 1. The van der Waals surface area contributed by atoms with Gasteiger partial charge in [0, 0.05) is 11.6 Å². The third-order valence-corrected chi connectivity index (χ3v) is 3.67. The Bertz CT molecular complexity index is 753. The van der Waals surface area contributed by atoms with Crippen molar-refractivity contribution in [3.63, 3.8) is 0 Å². The number of benzene rings is 1. The molecule has 0 saturated carbocycles. The maximum atomic E-state index is 12.6. The Morgan fingerprint density at radius 3 is 2.50 bits per heavy atom. The molecule has 1 aliphatic rings. The van der Waals surface area contributed by atoms with Gasteiger partial charge in [0.1, 0.15) is 5.75 Å². The Morgan fingerprint density at radius 2 is 1.92 bits per heavy atom. The van der Waals surface area contributed by atoms with Crippen LogP contribution in [0.25, 0.3) is 0 Å². The number of allylic oxidation sites excluding steroid dienone is 2. The van der Waals surface area contributed by atoms with Crippen molar-refractivity contribution in [1.82, 2.24) is 0 Å². The lowest BCUT2D eigenvalue weighted by atomic mass is 9.85. The number of ketones is 2. The van der Waals surface area contributed by atoms with E-state index in [1.807, 2.05) is 13.8 Å². The van der Waals surface area contributed by atoms with Gasteiger partial charge < -0.3 is 20.1 Å². The van der Waals surface area contributed by atoms with Gasteiger partial charge in [0.25, 0.3) is 0 Å². The number of hydrogen-bond acceptors (Lipinski definition) is 6. The summed E-state index contributed by atoms with van der Waals surface area (Å²) in [5.41, 5.74) is 0.242. The van der Waals surface area contributed by atoms with Crippen LogP contribution < -0.4 is 4.74 Å². The van der Waals surface area contributed by atoms with E-state index in [4.69, 9.17) is 4.74 Å².